The highest BCUT2D eigenvalue weighted by Gasteiger charge is 2.14. The molecule has 0 spiro atoms. The van der Waals surface area contributed by atoms with Crippen LogP contribution in [0.4, 0.5) is 4.39 Å². The fourth-order valence-corrected chi connectivity index (χ4v) is 2.97. The van der Waals surface area contributed by atoms with Crippen LogP contribution in [0.2, 0.25) is 0 Å². The molecule has 0 aliphatic heterocycles. The molecule has 106 valence electrons. The molecule has 1 N–H and O–H groups in total. The fraction of sp³-hybridized carbons (Fsp3) is 0.111. The summed E-state index contributed by atoms with van der Waals surface area (Å²) in [4.78, 5) is 0. The maximum Gasteiger partial charge on any atom is 0.126 e. The van der Waals surface area contributed by atoms with Gasteiger partial charge in [-0.25, -0.2) is 4.39 Å². The monoisotopic (exact) mass is 344 g/mol. The van der Waals surface area contributed by atoms with E-state index in [2.05, 4.69) is 15.9 Å². The second-order valence-electron chi connectivity index (χ2n) is 5.02. The van der Waals surface area contributed by atoms with Crippen LogP contribution in [0.25, 0.3) is 10.8 Å². The lowest BCUT2D eigenvalue weighted by molar-refractivity contribution is 0.178. The number of benzene rings is 3. The molecule has 0 saturated carbocycles. The van der Waals surface area contributed by atoms with Crippen LogP contribution in [0.1, 0.15) is 17.2 Å². The van der Waals surface area contributed by atoms with E-state index in [1.54, 1.807) is 12.1 Å². The largest absolute Gasteiger partial charge is 0.388 e. The minimum absolute atomic E-state index is 0.249. The van der Waals surface area contributed by atoms with Gasteiger partial charge in [0.2, 0.25) is 0 Å². The first-order valence-electron chi connectivity index (χ1n) is 6.75. The zero-order valence-corrected chi connectivity index (χ0v) is 12.8. The van der Waals surface area contributed by atoms with Crippen LogP contribution in [-0.4, -0.2) is 5.11 Å². The third kappa shape index (κ3) is 2.99. The van der Waals surface area contributed by atoms with Crippen molar-refractivity contribution in [3.8, 4) is 0 Å². The number of hydrogen-bond acceptors (Lipinski definition) is 1. The van der Waals surface area contributed by atoms with Crippen molar-refractivity contribution in [1.82, 2.24) is 0 Å². The van der Waals surface area contributed by atoms with Gasteiger partial charge in [0, 0.05) is 10.9 Å². The molecule has 0 heterocycles. The van der Waals surface area contributed by atoms with Gasteiger partial charge in [-0.15, -0.1) is 0 Å². The molecule has 1 atom stereocenters. The second kappa shape index (κ2) is 5.96. The first-order valence-corrected chi connectivity index (χ1v) is 7.54. The summed E-state index contributed by atoms with van der Waals surface area (Å²) in [6.07, 6.45) is -0.487. The molecule has 3 aromatic rings. The van der Waals surface area contributed by atoms with E-state index in [4.69, 9.17) is 0 Å². The van der Waals surface area contributed by atoms with E-state index in [9.17, 15) is 9.50 Å². The summed E-state index contributed by atoms with van der Waals surface area (Å²) in [5.74, 6) is -0.294. The Labute approximate surface area is 131 Å². The SMILES string of the molecule is OC(Cc1cc(Br)ccc1F)c1cccc2ccccc12. The zero-order chi connectivity index (χ0) is 14.8. The molecule has 3 rings (SSSR count). The molecule has 21 heavy (non-hydrogen) atoms. The Morgan fingerprint density at radius 2 is 1.76 bits per heavy atom. The first kappa shape index (κ1) is 14.2. The predicted molar refractivity (Wildman–Crippen MR) is 86.7 cm³/mol. The van der Waals surface area contributed by atoms with Gasteiger partial charge < -0.3 is 5.11 Å². The summed E-state index contributed by atoms with van der Waals surface area (Å²) in [6, 6.07) is 18.5. The van der Waals surface area contributed by atoms with Crippen LogP contribution in [0.5, 0.6) is 0 Å². The molecule has 1 nitrogen and oxygen atoms in total. The quantitative estimate of drug-likeness (QED) is 0.707. The van der Waals surface area contributed by atoms with Crippen molar-refractivity contribution in [2.75, 3.05) is 0 Å². The average Bonchev–Trinajstić information content (AvgIpc) is 2.50. The van der Waals surface area contributed by atoms with E-state index in [0.717, 1.165) is 20.8 Å². The molecule has 0 aromatic heterocycles. The lowest BCUT2D eigenvalue weighted by Crippen LogP contribution is -2.04. The standard InChI is InChI=1S/C18H14BrFO/c19-14-8-9-17(20)13(10-14)11-18(21)16-7-3-5-12-4-1-2-6-15(12)16/h1-10,18,21H,11H2. The van der Waals surface area contributed by atoms with E-state index in [1.807, 2.05) is 42.5 Å². The minimum Gasteiger partial charge on any atom is -0.388 e. The van der Waals surface area contributed by atoms with Crippen molar-refractivity contribution in [2.24, 2.45) is 0 Å². The van der Waals surface area contributed by atoms with Crippen LogP contribution in [0.3, 0.4) is 0 Å². The third-order valence-electron chi connectivity index (χ3n) is 3.60. The summed E-state index contributed by atoms with van der Waals surface area (Å²) < 4.78 is 14.6. The minimum atomic E-state index is -0.736. The lowest BCUT2D eigenvalue weighted by Gasteiger charge is -2.14. The Balaban J connectivity index is 1.97. The smallest absolute Gasteiger partial charge is 0.126 e. The Kier molecular flexibility index (Phi) is 4.04. The maximum atomic E-state index is 13.8. The second-order valence-corrected chi connectivity index (χ2v) is 5.94. The van der Waals surface area contributed by atoms with E-state index in [0.29, 0.717) is 5.56 Å². The summed E-state index contributed by atoms with van der Waals surface area (Å²) in [6.45, 7) is 0. The highest BCUT2D eigenvalue weighted by atomic mass is 79.9. The number of aliphatic hydroxyl groups is 1. The molecular formula is C18H14BrFO. The zero-order valence-electron chi connectivity index (χ0n) is 11.3. The Morgan fingerprint density at radius 3 is 2.62 bits per heavy atom. The van der Waals surface area contributed by atoms with Crippen LogP contribution in [-0.2, 0) is 6.42 Å². The van der Waals surface area contributed by atoms with Crippen LogP contribution >= 0.6 is 15.9 Å². The molecule has 1 unspecified atom stereocenters. The van der Waals surface area contributed by atoms with Crippen molar-refractivity contribution in [3.05, 3.63) is 82.1 Å². The molecule has 3 aromatic carbocycles. The number of aliphatic hydroxyl groups excluding tert-OH is 1. The van der Waals surface area contributed by atoms with Gasteiger partial charge in [0.25, 0.3) is 0 Å². The Hall–Kier alpha value is -1.71. The lowest BCUT2D eigenvalue weighted by atomic mass is 9.96. The van der Waals surface area contributed by atoms with E-state index < -0.39 is 6.10 Å². The van der Waals surface area contributed by atoms with Crippen molar-refractivity contribution in [2.45, 2.75) is 12.5 Å². The van der Waals surface area contributed by atoms with Gasteiger partial charge in [-0.2, -0.15) is 0 Å². The van der Waals surface area contributed by atoms with E-state index in [-0.39, 0.29) is 12.2 Å². The van der Waals surface area contributed by atoms with Gasteiger partial charge in [-0.05, 0) is 40.1 Å². The first-order chi connectivity index (χ1) is 10.1. The number of rotatable bonds is 3. The molecule has 0 amide bonds. The van der Waals surface area contributed by atoms with Crippen LogP contribution < -0.4 is 0 Å². The normalized spacial score (nSPS) is 12.5. The molecule has 0 bridgehead atoms. The molecule has 3 heteroatoms. The summed E-state index contributed by atoms with van der Waals surface area (Å²) in [5, 5.41) is 12.6. The predicted octanol–water partition coefficient (Wildman–Crippen LogP) is 5.02. The molecule has 0 saturated heterocycles. The maximum absolute atomic E-state index is 13.8. The Morgan fingerprint density at radius 1 is 1.00 bits per heavy atom. The van der Waals surface area contributed by atoms with Gasteiger partial charge in [0.15, 0.2) is 0 Å². The summed E-state index contributed by atoms with van der Waals surface area (Å²) >= 11 is 3.33. The van der Waals surface area contributed by atoms with Crippen molar-refractivity contribution in [1.29, 1.82) is 0 Å². The molecule has 0 aliphatic rings. The Bertz CT molecular complexity index is 780. The van der Waals surface area contributed by atoms with Gasteiger partial charge >= 0.3 is 0 Å². The molecule has 0 aliphatic carbocycles. The van der Waals surface area contributed by atoms with E-state index >= 15 is 0 Å². The highest BCUT2D eigenvalue weighted by molar-refractivity contribution is 9.10. The highest BCUT2D eigenvalue weighted by Crippen LogP contribution is 2.28. The van der Waals surface area contributed by atoms with Crippen molar-refractivity contribution >= 4 is 26.7 Å². The average molecular weight is 345 g/mol. The van der Waals surface area contributed by atoms with Crippen LogP contribution in [0, 0.1) is 5.82 Å². The molecular weight excluding hydrogens is 331 g/mol. The fourth-order valence-electron chi connectivity index (χ4n) is 2.56. The van der Waals surface area contributed by atoms with Gasteiger partial charge in [-0.3, -0.25) is 0 Å². The van der Waals surface area contributed by atoms with Crippen molar-refractivity contribution < 1.29 is 9.50 Å². The number of hydrogen-bond donors (Lipinski definition) is 1. The molecule has 0 fully saturated rings. The third-order valence-corrected chi connectivity index (χ3v) is 4.10. The van der Waals surface area contributed by atoms with E-state index in [1.165, 1.54) is 6.07 Å². The number of halogens is 2. The van der Waals surface area contributed by atoms with Gasteiger partial charge in [0.1, 0.15) is 5.82 Å². The van der Waals surface area contributed by atoms with Gasteiger partial charge in [0.05, 0.1) is 6.10 Å². The van der Waals surface area contributed by atoms with Crippen molar-refractivity contribution in [3.63, 3.8) is 0 Å². The summed E-state index contributed by atoms with van der Waals surface area (Å²) in [5.41, 5.74) is 1.33. The number of fused-ring (bicyclic) bond motifs is 1. The van der Waals surface area contributed by atoms with Gasteiger partial charge in [-0.1, -0.05) is 58.4 Å². The topological polar surface area (TPSA) is 20.2 Å². The van der Waals surface area contributed by atoms with Crippen LogP contribution in [0.15, 0.2) is 65.1 Å². The molecule has 0 radical (unpaired) electrons. The summed E-state index contributed by atoms with van der Waals surface area (Å²) in [7, 11) is 0.